The second kappa shape index (κ2) is 11.2. The predicted octanol–water partition coefficient (Wildman–Crippen LogP) is 4.52. The first-order chi connectivity index (χ1) is 12.1. The molecular formula is C18H24Cl3N3O2S. The third-order valence-corrected chi connectivity index (χ3v) is 5.62. The number of piperazine rings is 1. The van der Waals surface area contributed by atoms with Gasteiger partial charge in [-0.1, -0.05) is 23.7 Å². The number of carbonyl (C=O) groups excluding carboxylic acids is 1. The fourth-order valence-electron chi connectivity index (χ4n) is 3.00. The van der Waals surface area contributed by atoms with E-state index in [1.165, 1.54) is 11.3 Å². The fourth-order valence-corrected chi connectivity index (χ4v) is 4.07. The van der Waals surface area contributed by atoms with Gasteiger partial charge in [-0.15, -0.1) is 36.2 Å². The summed E-state index contributed by atoms with van der Waals surface area (Å²) >= 11 is 7.54. The van der Waals surface area contributed by atoms with E-state index in [0.29, 0.717) is 29.6 Å². The maximum Gasteiger partial charge on any atom is 0.266 e. The first kappa shape index (κ1) is 24.1. The summed E-state index contributed by atoms with van der Waals surface area (Å²) in [4.78, 5) is 20.0. The number of benzene rings is 1. The molecule has 0 bridgehead atoms. The summed E-state index contributed by atoms with van der Waals surface area (Å²) in [7, 11) is 0. The normalized spacial score (nSPS) is 17.6. The van der Waals surface area contributed by atoms with Gasteiger partial charge in [0.05, 0.1) is 12.2 Å². The average Bonchev–Trinajstić information content (AvgIpc) is 3.11. The van der Waals surface area contributed by atoms with Crippen LogP contribution in [0.15, 0.2) is 30.5 Å². The van der Waals surface area contributed by atoms with Crippen molar-refractivity contribution >= 4 is 53.7 Å². The average molecular weight is 453 g/mol. The maximum atomic E-state index is 13.1. The summed E-state index contributed by atoms with van der Waals surface area (Å²) in [6.45, 7) is 6.68. The molecule has 1 aromatic heterocycles. The first-order valence-electron chi connectivity index (χ1n) is 8.44. The lowest BCUT2D eigenvalue weighted by Crippen LogP contribution is -2.48. The van der Waals surface area contributed by atoms with Crippen LogP contribution < -0.4 is 5.32 Å². The van der Waals surface area contributed by atoms with Gasteiger partial charge in [-0.3, -0.25) is 4.79 Å². The first-order valence-corrected chi connectivity index (χ1v) is 9.64. The molecule has 9 heteroatoms. The molecule has 1 aliphatic heterocycles. The Hall–Kier alpha value is -0.890. The molecule has 0 radical (unpaired) electrons. The Balaban J connectivity index is 0.00000182. The van der Waals surface area contributed by atoms with Crippen molar-refractivity contribution in [2.24, 2.45) is 0 Å². The van der Waals surface area contributed by atoms with E-state index >= 15 is 0 Å². The maximum absolute atomic E-state index is 13.1. The highest BCUT2D eigenvalue weighted by Gasteiger charge is 2.30. The minimum Gasteiger partial charge on any atom is -0.372 e. The third kappa shape index (κ3) is 5.79. The van der Waals surface area contributed by atoms with Gasteiger partial charge in [-0.25, -0.2) is 4.98 Å². The van der Waals surface area contributed by atoms with E-state index in [-0.39, 0.29) is 42.9 Å². The Kier molecular flexibility index (Phi) is 10.0. The number of aromatic nitrogens is 1. The molecule has 3 rings (SSSR count). The zero-order valence-electron chi connectivity index (χ0n) is 15.2. The molecule has 1 aromatic carbocycles. The largest absolute Gasteiger partial charge is 0.372 e. The van der Waals surface area contributed by atoms with Crippen molar-refractivity contribution in [2.45, 2.75) is 26.0 Å². The third-order valence-electron chi connectivity index (χ3n) is 4.24. The summed E-state index contributed by atoms with van der Waals surface area (Å²) in [6.07, 6.45) is 1.57. The van der Waals surface area contributed by atoms with Crippen molar-refractivity contribution in [1.29, 1.82) is 0 Å². The lowest BCUT2D eigenvalue weighted by Gasteiger charge is -2.36. The molecule has 0 saturated carbocycles. The molecule has 150 valence electrons. The van der Waals surface area contributed by atoms with Crippen LogP contribution in [-0.2, 0) is 4.74 Å². The van der Waals surface area contributed by atoms with Gasteiger partial charge >= 0.3 is 0 Å². The number of thiazole rings is 1. The number of hydrogen-bond acceptors (Lipinski definition) is 5. The molecule has 1 amide bonds. The van der Waals surface area contributed by atoms with E-state index in [2.05, 4.69) is 10.3 Å². The van der Waals surface area contributed by atoms with Gasteiger partial charge in [0.2, 0.25) is 0 Å². The van der Waals surface area contributed by atoms with Crippen LogP contribution in [-0.4, -0.2) is 42.0 Å². The quantitative estimate of drug-likeness (QED) is 0.724. The second-order valence-electron chi connectivity index (χ2n) is 5.93. The van der Waals surface area contributed by atoms with Gasteiger partial charge in [-0.2, -0.15) is 0 Å². The molecule has 2 atom stereocenters. The number of ether oxygens (including phenoxy) is 1. The van der Waals surface area contributed by atoms with Crippen molar-refractivity contribution in [3.63, 3.8) is 0 Å². The number of rotatable bonds is 5. The number of amides is 1. The van der Waals surface area contributed by atoms with E-state index in [4.69, 9.17) is 16.3 Å². The SMILES string of the molecule is CCOC(C)c1ncc(C(=O)N2CCNCC2c2cccc(Cl)c2)s1.Cl.Cl. The lowest BCUT2D eigenvalue weighted by atomic mass is 10.0. The van der Waals surface area contributed by atoms with Crippen LogP contribution in [0.25, 0.3) is 0 Å². The van der Waals surface area contributed by atoms with Crippen molar-refractivity contribution in [3.05, 3.63) is 50.9 Å². The van der Waals surface area contributed by atoms with Crippen LogP contribution in [0.4, 0.5) is 0 Å². The highest BCUT2D eigenvalue weighted by atomic mass is 35.5. The van der Waals surface area contributed by atoms with Crippen molar-refractivity contribution in [1.82, 2.24) is 15.2 Å². The molecule has 1 fully saturated rings. The van der Waals surface area contributed by atoms with Crippen molar-refractivity contribution in [2.75, 3.05) is 26.2 Å². The molecule has 0 spiro atoms. The van der Waals surface area contributed by atoms with Crippen LogP contribution in [0.5, 0.6) is 0 Å². The Labute approximate surface area is 181 Å². The van der Waals surface area contributed by atoms with Gasteiger partial charge in [-0.05, 0) is 31.5 Å². The van der Waals surface area contributed by atoms with Crippen LogP contribution in [0.2, 0.25) is 5.02 Å². The predicted molar refractivity (Wildman–Crippen MR) is 115 cm³/mol. The van der Waals surface area contributed by atoms with Crippen LogP contribution >= 0.6 is 47.8 Å². The zero-order valence-corrected chi connectivity index (χ0v) is 18.4. The number of halogens is 3. The summed E-state index contributed by atoms with van der Waals surface area (Å²) in [5.74, 6) is 0.0129. The highest BCUT2D eigenvalue weighted by molar-refractivity contribution is 7.13. The summed E-state index contributed by atoms with van der Waals surface area (Å²) in [5, 5.41) is 4.87. The minimum absolute atomic E-state index is 0. The lowest BCUT2D eigenvalue weighted by molar-refractivity contribution is 0.0639. The number of carbonyl (C=O) groups is 1. The molecule has 2 heterocycles. The summed E-state index contributed by atoms with van der Waals surface area (Å²) in [6, 6.07) is 7.67. The van der Waals surface area contributed by atoms with Crippen molar-refractivity contribution in [3.8, 4) is 0 Å². The van der Waals surface area contributed by atoms with Crippen molar-refractivity contribution < 1.29 is 9.53 Å². The number of nitrogens with zero attached hydrogens (tertiary/aromatic N) is 2. The Bertz CT molecular complexity index is 744. The topological polar surface area (TPSA) is 54.5 Å². The molecule has 2 aromatic rings. The van der Waals surface area contributed by atoms with Gasteiger partial charge in [0.1, 0.15) is 16.0 Å². The van der Waals surface area contributed by atoms with Gasteiger partial charge in [0, 0.05) is 31.3 Å². The van der Waals surface area contributed by atoms with E-state index in [1.807, 2.05) is 43.0 Å². The Morgan fingerprint density at radius 1 is 1.48 bits per heavy atom. The minimum atomic E-state index is -0.0942. The molecule has 1 aliphatic rings. The molecule has 1 saturated heterocycles. The molecule has 0 aliphatic carbocycles. The van der Waals surface area contributed by atoms with E-state index in [0.717, 1.165) is 17.1 Å². The molecule has 2 unspecified atom stereocenters. The van der Waals surface area contributed by atoms with Crippen LogP contribution in [0.3, 0.4) is 0 Å². The van der Waals surface area contributed by atoms with Gasteiger partial charge in [0.15, 0.2) is 0 Å². The standard InChI is InChI=1S/C18H22ClN3O2S.2ClH/c1-3-24-12(2)17-21-11-16(25-17)18(23)22-8-7-20-10-15(22)13-5-4-6-14(19)9-13;;/h4-6,9,11-12,15,20H,3,7-8,10H2,1-2H3;2*1H. The highest BCUT2D eigenvalue weighted by Crippen LogP contribution is 2.29. The van der Waals surface area contributed by atoms with Gasteiger partial charge < -0.3 is 15.0 Å². The zero-order chi connectivity index (χ0) is 17.8. The molecule has 27 heavy (non-hydrogen) atoms. The fraction of sp³-hybridized carbons (Fsp3) is 0.444. The summed E-state index contributed by atoms with van der Waals surface area (Å²) in [5.41, 5.74) is 1.04. The Morgan fingerprint density at radius 3 is 2.96 bits per heavy atom. The van der Waals surface area contributed by atoms with E-state index in [9.17, 15) is 4.79 Å². The second-order valence-corrected chi connectivity index (χ2v) is 7.43. The summed E-state index contributed by atoms with van der Waals surface area (Å²) < 4.78 is 5.57. The number of nitrogens with one attached hydrogen (secondary N) is 1. The van der Waals surface area contributed by atoms with Crippen LogP contribution in [0.1, 0.15) is 46.2 Å². The smallest absolute Gasteiger partial charge is 0.266 e. The van der Waals surface area contributed by atoms with E-state index < -0.39 is 0 Å². The van der Waals surface area contributed by atoms with Gasteiger partial charge in [0.25, 0.3) is 5.91 Å². The molecular weight excluding hydrogens is 429 g/mol. The van der Waals surface area contributed by atoms with Crippen LogP contribution in [0, 0.1) is 0 Å². The van der Waals surface area contributed by atoms with E-state index in [1.54, 1.807) is 6.20 Å². The molecule has 1 N–H and O–H groups in total. The number of hydrogen-bond donors (Lipinski definition) is 1. The monoisotopic (exact) mass is 451 g/mol. The molecule has 5 nitrogen and oxygen atoms in total. The Morgan fingerprint density at radius 2 is 2.26 bits per heavy atom.